The van der Waals surface area contributed by atoms with Crippen LogP contribution in [0.25, 0.3) is 22.4 Å². The first-order chi connectivity index (χ1) is 14.1. The van der Waals surface area contributed by atoms with Crippen LogP contribution in [0.3, 0.4) is 0 Å². The minimum atomic E-state index is -0.269. The Kier molecular flexibility index (Phi) is 4.21. The first-order valence-electron chi connectivity index (χ1n) is 9.21. The van der Waals surface area contributed by atoms with Crippen LogP contribution < -0.4 is 5.32 Å². The second-order valence-corrected chi connectivity index (χ2v) is 7.75. The number of anilines is 2. The zero-order chi connectivity index (χ0) is 20.0. The molecule has 1 aliphatic heterocycles. The molecule has 0 atom stereocenters. The average molecular weight is 446 g/mol. The standard InChI is InChI=1S/C23H16BrN3O2/c24-18-12-6-5-11-17(18)21-22(27(28)29)20(15-8-2-1-3-9-15)23-25-19-13-7-4-10-16(19)14-26(21)23/h1-13,25H,14H2. The highest BCUT2D eigenvalue weighted by molar-refractivity contribution is 9.10. The molecule has 5 nitrogen and oxygen atoms in total. The summed E-state index contributed by atoms with van der Waals surface area (Å²) in [5, 5.41) is 15.8. The highest BCUT2D eigenvalue weighted by Crippen LogP contribution is 2.50. The third kappa shape index (κ3) is 2.84. The number of nitrogens with one attached hydrogen (secondary N) is 1. The number of hydrogen-bond acceptors (Lipinski definition) is 3. The molecule has 0 radical (unpaired) electrons. The van der Waals surface area contributed by atoms with Gasteiger partial charge in [0.05, 0.1) is 11.5 Å². The van der Waals surface area contributed by atoms with E-state index in [0.29, 0.717) is 17.8 Å². The molecule has 6 heteroatoms. The van der Waals surface area contributed by atoms with Gasteiger partial charge in [0.15, 0.2) is 0 Å². The zero-order valence-corrected chi connectivity index (χ0v) is 16.9. The van der Waals surface area contributed by atoms with Crippen LogP contribution in [0.15, 0.2) is 83.3 Å². The van der Waals surface area contributed by atoms with Gasteiger partial charge in [-0.2, -0.15) is 0 Å². The molecule has 3 aromatic carbocycles. The SMILES string of the molecule is O=[N+]([O-])c1c(-c2ccccc2)c2n(c1-c1ccccc1Br)Cc1ccccc1N2. The summed E-state index contributed by atoms with van der Waals surface area (Å²) in [6, 6.07) is 25.2. The van der Waals surface area contributed by atoms with Gasteiger partial charge in [-0.15, -0.1) is 0 Å². The molecule has 1 N–H and O–H groups in total. The third-order valence-electron chi connectivity index (χ3n) is 5.21. The summed E-state index contributed by atoms with van der Waals surface area (Å²) in [5.74, 6) is 0.743. The number of benzene rings is 3. The number of rotatable bonds is 3. The van der Waals surface area contributed by atoms with Gasteiger partial charge < -0.3 is 9.88 Å². The molecule has 0 bridgehead atoms. The minimum Gasteiger partial charge on any atom is -0.341 e. The molecular weight excluding hydrogens is 430 g/mol. The quantitative estimate of drug-likeness (QED) is 0.251. The van der Waals surface area contributed by atoms with Gasteiger partial charge in [0.2, 0.25) is 0 Å². The van der Waals surface area contributed by atoms with Crippen LogP contribution in [-0.2, 0) is 6.54 Å². The summed E-state index contributed by atoms with van der Waals surface area (Å²) in [6.45, 7) is 0.558. The molecule has 4 aromatic rings. The van der Waals surface area contributed by atoms with Crippen molar-refractivity contribution in [1.29, 1.82) is 0 Å². The van der Waals surface area contributed by atoms with Crippen LogP contribution in [0.1, 0.15) is 5.56 Å². The summed E-state index contributed by atoms with van der Waals surface area (Å²) in [5.41, 5.74) is 4.99. The van der Waals surface area contributed by atoms with Gasteiger partial charge in [-0.05, 0) is 23.3 Å². The Morgan fingerprint density at radius 2 is 1.62 bits per heavy atom. The van der Waals surface area contributed by atoms with Crippen LogP contribution in [0, 0.1) is 10.1 Å². The second kappa shape index (κ2) is 6.90. The first-order valence-corrected chi connectivity index (χ1v) is 10.0. The summed E-state index contributed by atoms with van der Waals surface area (Å²) in [4.78, 5) is 12.1. The van der Waals surface area contributed by atoms with E-state index in [2.05, 4.69) is 21.2 Å². The predicted molar refractivity (Wildman–Crippen MR) is 118 cm³/mol. The molecule has 0 aliphatic carbocycles. The Hall–Kier alpha value is -3.38. The summed E-state index contributed by atoms with van der Waals surface area (Å²) in [6.07, 6.45) is 0. The molecule has 0 unspecified atom stereocenters. The van der Waals surface area contributed by atoms with Crippen molar-refractivity contribution in [3.8, 4) is 22.4 Å². The molecule has 0 saturated heterocycles. The van der Waals surface area contributed by atoms with Crippen LogP contribution in [0.5, 0.6) is 0 Å². The van der Waals surface area contributed by atoms with Crippen molar-refractivity contribution in [3.63, 3.8) is 0 Å². The minimum absolute atomic E-state index is 0.110. The van der Waals surface area contributed by atoms with E-state index >= 15 is 0 Å². The van der Waals surface area contributed by atoms with Crippen LogP contribution in [0.2, 0.25) is 0 Å². The van der Waals surface area contributed by atoms with E-state index in [4.69, 9.17) is 0 Å². The molecule has 5 rings (SSSR count). The van der Waals surface area contributed by atoms with E-state index in [1.54, 1.807) is 0 Å². The van der Waals surface area contributed by atoms with E-state index in [1.165, 1.54) is 0 Å². The summed E-state index contributed by atoms with van der Waals surface area (Å²) in [7, 11) is 0. The molecule has 1 aromatic heterocycles. The maximum absolute atomic E-state index is 12.3. The molecule has 142 valence electrons. The maximum atomic E-state index is 12.3. The van der Waals surface area contributed by atoms with Gasteiger partial charge in [0.25, 0.3) is 0 Å². The first kappa shape index (κ1) is 17.7. The fourth-order valence-corrected chi connectivity index (χ4v) is 4.43. The largest absolute Gasteiger partial charge is 0.341 e. The van der Waals surface area contributed by atoms with Gasteiger partial charge >= 0.3 is 5.69 Å². The summed E-state index contributed by atoms with van der Waals surface area (Å²) < 4.78 is 2.84. The molecule has 2 heterocycles. The number of nitrogens with zero attached hydrogens (tertiary/aromatic N) is 2. The van der Waals surface area contributed by atoms with Gasteiger partial charge in [0, 0.05) is 15.7 Å². The monoisotopic (exact) mass is 445 g/mol. The molecule has 0 saturated carbocycles. The number of hydrogen-bond donors (Lipinski definition) is 1. The Morgan fingerprint density at radius 3 is 2.38 bits per heavy atom. The van der Waals surface area contributed by atoms with Crippen molar-refractivity contribution in [2.45, 2.75) is 6.54 Å². The van der Waals surface area contributed by atoms with E-state index in [0.717, 1.165) is 32.7 Å². The smallest absolute Gasteiger partial charge is 0.305 e. The third-order valence-corrected chi connectivity index (χ3v) is 5.90. The van der Waals surface area contributed by atoms with Gasteiger partial charge in [-0.3, -0.25) is 10.1 Å². The second-order valence-electron chi connectivity index (χ2n) is 6.89. The molecule has 1 aliphatic rings. The van der Waals surface area contributed by atoms with Gasteiger partial charge in [0.1, 0.15) is 17.1 Å². The van der Waals surface area contributed by atoms with Crippen molar-refractivity contribution in [1.82, 2.24) is 4.57 Å². The van der Waals surface area contributed by atoms with Gasteiger partial charge in [-0.1, -0.05) is 82.7 Å². The van der Waals surface area contributed by atoms with E-state index in [1.807, 2.05) is 83.4 Å². The Morgan fingerprint density at radius 1 is 0.931 bits per heavy atom. The van der Waals surface area contributed by atoms with Gasteiger partial charge in [-0.25, -0.2) is 0 Å². The summed E-state index contributed by atoms with van der Waals surface area (Å²) >= 11 is 3.59. The number of fused-ring (bicyclic) bond motifs is 2. The van der Waals surface area contributed by atoms with Crippen molar-refractivity contribution in [2.75, 3.05) is 5.32 Å². The number of para-hydroxylation sites is 1. The lowest BCUT2D eigenvalue weighted by atomic mass is 10.0. The average Bonchev–Trinajstić information content (AvgIpc) is 3.07. The van der Waals surface area contributed by atoms with Crippen molar-refractivity contribution >= 4 is 33.1 Å². The Labute approximate surface area is 175 Å². The topological polar surface area (TPSA) is 60.1 Å². The molecule has 0 amide bonds. The van der Waals surface area contributed by atoms with Crippen LogP contribution in [0.4, 0.5) is 17.2 Å². The lowest BCUT2D eigenvalue weighted by molar-refractivity contribution is -0.383. The molecule has 29 heavy (non-hydrogen) atoms. The van der Waals surface area contributed by atoms with Crippen molar-refractivity contribution in [2.24, 2.45) is 0 Å². The normalized spacial score (nSPS) is 12.0. The zero-order valence-electron chi connectivity index (χ0n) is 15.3. The van der Waals surface area contributed by atoms with Crippen LogP contribution in [-0.4, -0.2) is 9.49 Å². The Bertz CT molecular complexity index is 1250. The lowest BCUT2D eigenvalue weighted by Gasteiger charge is -2.23. The lowest BCUT2D eigenvalue weighted by Crippen LogP contribution is -2.13. The van der Waals surface area contributed by atoms with E-state index in [-0.39, 0.29) is 10.6 Å². The number of halogens is 1. The number of nitro groups is 1. The van der Waals surface area contributed by atoms with Crippen LogP contribution >= 0.6 is 15.9 Å². The Balaban J connectivity index is 1.88. The molecule has 0 fully saturated rings. The number of aromatic nitrogens is 1. The van der Waals surface area contributed by atoms with Crippen molar-refractivity contribution in [3.05, 3.63) is 99.0 Å². The highest BCUT2D eigenvalue weighted by atomic mass is 79.9. The van der Waals surface area contributed by atoms with E-state index < -0.39 is 0 Å². The molecule has 0 spiro atoms. The highest BCUT2D eigenvalue weighted by Gasteiger charge is 2.35. The fourth-order valence-electron chi connectivity index (χ4n) is 3.95. The van der Waals surface area contributed by atoms with Crippen molar-refractivity contribution < 1.29 is 4.92 Å². The predicted octanol–water partition coefficient (Wildman–Crippen LogP) is 6.60. The fraction of sp³-hybridized carbons (Fsp3) is 0.0435. The maximum Gasteiger partial charge on any atom is 0.305 e. The van der Waals surface area contributed by atoms with E-state index in [9.17, 15) is 10.1 Å². The molecular formula is C23H16BrN3O2.